The normalized spacial score (nSPS) is 17.4. The van der Waals surface area contributed by atoms with Gasteiger partial charge in [0.05, 0.1) is 13.2 Å². The van der Waals surface area contributed by atoms with Gasteiger partial charge in [-0.05, 0) is 0 Å². The van der Waals surface area contributed by atoms with E-state index in [4.69, 9.17) is 4.74 Å². The van der Waals surface area contributed by atoms with Gasteiger partial charge in [-0.15, -0.1) is 10.2 Å². The molecule has 1 amide bonds. The van der Waals surface area contributed by atoms with Crippen LogP contribution in [0.15, 0.2) is 5.51 Å². The second-order valence-electron chi connectivity index (χ2n) is 2.65. The van der Waals surface area contributed by atoms with Crippen LogP contribution in [0.5, 0.6) is 0 Å². The number of carbonyl (C=O) groups is 1. The van der Waals surface area contributed by atoms with Gasteiger partial charge in [-0.2, -0.15) is 0 Å². The summed E-state index contributed by atoms with van der Waals surface area (Å²) < 4.78 is 5.14. The average molecular weight is 199 g/mol. The summed E-state index contributed by atoms with van der Waals surface area (Å²) in [7, 11) is 0. The summed E-state index contributed by atoms with van der Waals surface area (Å²) in [6.45, 7) is 2.53. The molecule has 0 saturated carbocycles. The Morgan fingerprint density at radius 2 is 2.31 bits per heavy atom. The summed E-state index contributed by atoms with van der Waals surface area (Å²) in [5.74, 6) is -0.0363. The van der Waals surface area contributed by atoms with Crippen molar-refractivity contribution in [2.75, 3.05) is 26.3 Å². The number of nitrogens with zero attached hydrogens (tertiary/aromatic N) is 3. The molecule has 5 nitrogen and oxygen atoms in total. The van der Waals surface area contributed by atoms with Gasteiger partial charge in [-0.3, -0.25) is 4.79 Å². The van der Waals surface area contributed by atoms with Crippen LogP contribution in [0.1, 0.15) is 9.80 Å². The molecule has 70 valence electrons. The van der Waals surface area contributed by atoms with E-state index in [0.717, 1.165) is 0 Å². The van der Waals surface area contributed by atoms with Crippen molar-refractivity contribution in [1.29, 1.82) is 0 Å². The van der Waals surface area contributed by atoms with Gasteiger partial charge in [0, 0.05) is 13.1 Å². The van der Waals surface area contributed by atoms with Crippen LogP contribution in [0.4, 0.5) is 0 Å². The third kappa shape index (κ3) is 1.84. The van der Waals surface area contributed by atoms with Crippen molar-refractivity contribution < 1.29 is 9.53 Å². The molecule has 13 heavy (non-hydrogen) atoms. The fourth-order valence-electron chi connectivity index (χ4n) is 1.17. The Bertz CT molecular complexity index is 282. The molecule has 1 aromatic heterocycles. The average Bonchev–Trinajstić information content (AvgIpc) is 2.71. The molecule has 1 fully saturated rings. The van der Waals surface area contributed by atoms with Crippen molar-refractivity contribution in [2.24, 2.45) is 0 Å². The maximum atomic E-state index is 11.6. The lowest BCUT2D eigenvalue weighted by molar-refractivity contribution is 0.0302. The van der Waals surface area contributed by atoms with Gasteiger partial charge in [0.25, 0.3) is 5.91 Å². The highest BCUT2D eigenvalue weighted by atomic mass is 32.1. The van der Waals surface area contributed by atoms with Crippen LogP contribution in [0, 0.1) is 0 Å². The summed E-state index contributed by atoms with van der Waals surface area (Å²) in [4.78, 5) is 13.4. The zero-order valence-electron chi connectivity index (χ0n) is 6.97. The summed E-state index contributed by atoms with van der Waals surface area (Å²) in [6, 6.07) is 0. The molecule has 6 heteroatoms. The monoisotopic (exact) mass is 199 g/mol. The predicted molar refractivity (Wildman–Crippen MR) is 46.6 cm³/mol. The van der Waals surface area contributed by atoms with E-state index in [-0.39, 0.29) is 5.91 Å². The molecule has 0 N–H and O–H groups in total. The molecule has 0 unspecified atom stereocenters. The van der Waals surface area contributed by atoms with E-state index in [2.05, 4.69) is 10.2 Å². The Labute approximate surface area is 79.3 Å². The maximum absolute atomic E-state index is 11.6. The highest BCUT2D eigenvalue weighted by Crippen LogP contribution is 2.07. The second kappa shape index (κ2) is 3.80. The lowest BCUT2D eigenvalue weighted by Crippen LogP contribution is -2.40. The first-order chi connectivity index (χ1) is 6.38. The smallest absolute Gasteiger partial charge is 0.284 e. The molecule has 1 aliphatic rings. The minimum Gasteiger partial charge on any atom is -0.378 e. The fourth-order valence-corrected chi connectivity index (χ4v) is 1.69. The molecule has 1 saturated heterocycles. The third-order valence-electron chi connectivity index (χ3n) is 1.84. The SMILES string of the molecule is O=C(c1nncs1)N1CCOCC1. The van der Waals surface area contributed by atoms with Gasteiger partial charge in [0.15, 0.2) is 0 Å². The van der Waals surface area contributed by atoms with Crippen LogP contribution in [-0.2, 0) is 4.74 Å². The molecule has 0 aliphatic carbocycles. The van der Waals surface area contributed by atoms with Crippen LogP contribution in [-0.4, -0.2) is 47.3 Å². The highest BCUT2D eigenvalue weighted by molar-refractivity contribution is 7.11. The molecule has 2 heterocycles. The summed E-state index contributed by atoms with van der Waals surface area (Å²) in [5.41, 5.74) is 1.56. The Balaban J connectivity index is 2.04. The number of morpholine rings is 1. The molecule has 1 aliphatic heterocycles. The van der Waals surface area contributed by atoms with E-state index in [1.165, 1.54) is 11.3 Å². The molecule has 0 atom stereocenters. The van der Waals surface area contributed by atoms with Crippen molar-refractivity contribution in [3.63, 3.8) is 0 Å². The fraction of sp³-hybridized carbons (Fsp3) is 0.571. The lowest BCUT2D eigenvalue weighted by atomic mass is 10.4. The number of rotatable bonds is 1. The Kier molecular flexibility index (Phi) is 2.51. The quantitative estimate of drug-likeness (QED) is 0.639. The van der Waals surface area contributed by atoms with Crippen molar-refractivity contribution >= 4 is 17.2 Å². The zero-order chi connectivity index (χ0) is 9.10. The Morgan fingerprint density at radius 3 is 2.92 bits per heavy atom. The maximum Gasteiger partial charge on any atom is 0.284 e. The summed E-state index contributed by atoms with van der Waals surface area (Å²) in [6.07, 6.45) is 0. The van der Waals surface area contributed by atoms with E-state index < -0.39 is 0 Å². The van der Waals surface area contributed by atoms with Gasteiger partial charge in [0.1, 0.15) is 5.51 Å². The van der Waals surface area contributed by atoms with Crippen LogP contribution in [0.25, 0.3) is 0 Å². The molecular formula is C7H9N3O2S. The van der Waals surface area contributed by atoms with Crippen molar-refractivity contribution in [3.05, 3.63) is 10.5 Å². The number of carbonyl (C=O) groups excluding carboxylic acids is 1. The van der Waals surface area contributed by atoms with Crippen molar-refractivity contribution in [1.82, 2.24) is 15.1 Å². The molecule has 0 bridgehead atoms. The third-order valence-corrected chi connectivity index (χ3v) is 2.52. The Hall–Kier alpha value is -1.01. The van der Waals surface area contributed by atoms with Gasteiger partial charge in [-0.25, -0.2) is 0 Å². The number of hydrogen-bond acceptors (Lipinski definition) is 5. The van der Waals surface area contributed by atoms with Gasteiger partial charge < -0.3 is 9.64 Å². The molecule has 0 spiro atoms. The number of amides is 1. The van der Waals surface area contributed by atoms with E-state index in [1.807, 2.05) is 0 Å². The van der Waals surface area contributed by atoms with Crippen LogP contribution >= 0.6 is 11.3 Å². The first-order valence-corrected chi connectivity index (χ1v) is 4.89. The number of aromatic nitrogens is 2. The van der Waals surface area contributed by atoms with E-state index in [0.29, 0.717) is 31.3 Å². The topological polar surface area (TPSA) is 55.3 Å². The highest BCUT2D eigenvalue weighted by Gasteiger charge is 2.20. The first-order valence-electron chi connectivity index (χ1n) is 4.01. The van der Waals surface area contributed by atoms with Crippen LogP contribution in [0.3, 0.4) is 0 Å². The molecule has 2 rings (SSSR count). The minimum atomic E-state index is -0.0363. The second-order valence-corrected chi connectivity index (χ2v) is 3.48. The van der Waals surface area contributed by atoms with E-state index in [1.54, 1.807) is 10.4 Å². The molecule has 1 aromatic rings. The summed E-state index contributed by atoms with van der Waals surface area (Å²) in [5, 5.41) is 7.82. The van der Waals surface area contributed by atoms with E-state index >= 15 is 0 Å². The number of ether oxygens (including phenoxy) is 1. The van der Waals surface area contributed by atoms with Gasteiger partial charge in [-0.1, -0.05) is 11.3 Å². The van der Waals surface area contributed by atoms with Crippen LogP contribution < -0.4 is 0 Å². The molecule has 0 aromatic carbocycles. The van der Waals surface area contributed by atoms with Crippen molar-refractivity contribution in [3.8, 4) is 0 Å². The minimum absolute atomic E-state index is 0.0363. The molecular weight excluding hydrogens is 190 g/mol. The van der Waals surface area contributed by atoms with Crippen molar-refractivity contribution in [2.45, 2.75) is 0 Å². The standard InChI is InChI=1S/C7H9N3O2S/c11-7(6-9-8-5-13-6)10-1-3-12-4-2-10/h5H,1-4H2. The zero-order valence-corrected chi connectivity index (χ0v) is 7.79. The van der Waals surface area contributed by atoms with E-state index in [9.17, 15) is 4.79 Å². The van der Waals surface area contributed by atoms with Crippen LogP contribution in [0.2, 0.25) is 0 Å². The number of hydrogen-bond donors (Lipinski definition) is 0. The first kappa shape index (κ1) is 8.58. The largest absolute Gasteiger partial charge is 0.378 e. The summed E-state index contributed by atoms with van der Waals surface area (Å²) >= 11 is 1.27. The van der Waals surface area contributed by atoms with Gasteiger partial charge >= 0.3 is 0 Å². The lowest BCUT2D eigenvalue weighted by Gasteiger charge is -2.25. The predicted octanol–water partition coefficient (Wildman–Crippen LogP) is 0.0105. The Morgan fingerprint density at radius 1 is 1.54 bits per heavy atom. The molecule has 0 radical (unpaired) electrons. The van der Waals surface area contributed by atoms with Gasteiger partial charge in [0.2, 0.25) is 5.01 Å².